The summed E-state index contributed by atoms with van der Waals surface area (Å²) in [5, 5.41) is 14.6. The van der Waals surface area contributed by atoms with Crippen LogP contribution >= 0.6 is 11.8 Å². The molecule has 3 heterocycles. The van der Waals surface area contributed by atoms with Crippen LogP contribution in [0.5, 0.6) is 0 Å². The Morgan fingerprint density at radius 2 is 1.97 bits per heavy atom. The highest BCUT2D eigenvalue weighted by Gasteiger charge is 2.15. The molecular weight excluding hydrogens is 422 g/mol. The van der Waals surface area contributed by atoms with Crippen molar-refractivity contribution in [3.8, 4) is 0 Å². The standard InChI is InChI=1S/C23H29N7OS/c1-3-18(31)14-17-5-7-19(8-6-17)32-23-26-20(25-21-13-16(2)28-29-21)15-22(27-23)30-11-4-9-24-10-12-30/h5-8,13,15,24H,3-4,9-12,14H2,1-2H3,(H2,25,26,27,28,29). The molecule has 3 aromatic rings. The molecule has 1 fully saturated rings. The average molecular weight is 452 g/mol. The van der Waals surface area contributed by atoms with Gasteiger partial charge < -0.3 is 15.5 Å². The van der Waals surface area contributed by atoms with Crippen molar-refractivity contribution >= 4 is 35.0 Å². The lowest BCUT2D eigenvalue weighted by atomic mass is 10.1. The lowest BCUT2D eigenvalue weighted by molar-refractivity contribution is -0.118. The van der Waals surface area contributed by atoms with E-state index in [4.69, 9.17) is 9.97 Å². The number of anilines is 3. The van der Waals surface area contributed by atoms with E-state index in [0.29, 0.717) is 23.8 Å². The first kappa shape index (κ1) is 22.3. The van der Waals surface area contributed by atoms with Crippen LogP contribution in [-0.4, -0.2) is 52.1 Å². The van der Waals surface area contributed by atoms with E-state index in [2.05, 4.69) is 25.7 Å². The lowest BCUT2D eigenvalue weighted by Gasteiger charge is -2.22. The average Bonchev–Trinajstić information content (AvgIpc) is 3.02. The highest BCUT2D eigenvalue weighted by molar-refractivity contribution is 7.99. The number of nitrogens with zero attached hydrogens (tertiary/aromatic N) is 4. The number of aryl methyl sites for hydroxylation is 1. The Kier molecular flexibility index (Phi) is 7.39. The summed E-state index contributed by atoms with van der Waals surface area (Å²) in [5.74, 6) is 2.60. The van der Waals surface area contributed by atoms with Crippen LogP contribution in [0.2, 0.25) is 0 Å². The second-order valence-corrected chi connectivity index (χ2v) is 8.90. The highest BCUT2D eigenvalue weighted by Crippen LogP contribution is 2.29. The van der Waals surface area contributed by atoms with E-state index in [9.17, 15) is 4.79 Å². The zero-order valence-corrected chi connectivity index (χ0v) is 19.3. The molecule has 3 N–H and O–H groups in total. The lowest BCUT2D eigenvalue weighted by Crippen LogP contribution is -2.28. The van der Waals surface area contributed by atoms with Gasteiger partial charge >= 0.3 is 0 Å². The van der Waals surface area contributed by atoms with Crippen molar-refractivity contribution in [3.05, 3.63) is 47.7 Å². The first-order valence-corrected chi connectivity index (χ1v) is 11.8. The topological polar surface area (TPSA) is 98.8 Å². The third-order valence-corrected chi connectivity index (χ3v) is 6.12. The van der Waals surface area contributed by atoms with Gasteiger partial charge in [0.15, 0.2) is 11.0 Å². The fourth-order valence-corrected chi connectivity index (χ4v) is 4.27. The van der Waals surface area contributed by atoms with Crippen molar-refractivity contribution < 1.29 is 4.79 Å². The minimum absolute atomic E-state index is 0.248. The monoisotopic (exact) mass is 451 g/mol. The van der Waals surface area contributed by atoms with Gasteiger partial charge in [0.25, 0.3) is 0 Å². The van der Waals surface area contributed by atoms with Gasteiger partial charge in [-0.3, -0.25) is 9.89 Å². The largest absolute Gasteiger partial charge is 0.355 e. The summed E-state index contributed by atoms with van der Waals surface area (Å²) in [6, 6.07) is 12.0. The van der Waals surface area contributed by atoms with E-state index in [0.717, 1.165) is 60.4 Å². The fraction of sp³-hybridized carbons (Fsp3) is 0.391. The number of aromatic nitrogens is 4. The Morgan fingerprint density at radius 3 is 2.72 bits per heavy atom. The van der Waals surface area contributed by atoms with Gasteiger partial charge in [0.05, 0.1) is 0 Å². The number of nitrogens with one attached hydrogen (secondary N) is 3. The normalized spacial score (nSPS) is 14.2. The number of H-pyrrole nitrogens is 1. The third kappa shape index (κ3) is 6.08. The van der Waals surface area contributed by atoms with E-state index >= 15 is 0 Å². The van der Waals surface area contributed by atoms with E-state index < -0.39 is 0 Å². The molecule has 1 aliphatic rings. The Morgan fingerprint density at radius 1 is 1.12 bits per heavy atom. The number of ketones is 1. The molecule has 0 saturated carbocycles. The van der Waals surface area contributed by atoms with Gasteiger partial charge in [-0.25, -0.2) is 9.97 Å². The van der Waals surface area contributed by atoms with Gasteiger partial charge in [-0.15, -0.1) is 0 Å². The SMILES string of the molecule is CCC(=O)Cc1ccc(Sc2nc(Nc3cc(C)[nH]n3)cc(N3CCCNCC3)n2)cc1. The molecule has 9 heteroatoms. The molecule has 0 bridgehead atoms. The summed E-state index contributed by atoms with van der Waals surface area (Å²) in [6.45, 7) is 7.68. The van der Waals surface area contributed by atoms with Gasteiger partial charge in [0, 0.05) is 55.2 Å². The molecule has 0 radical (unpaired) electrons. The summed E-state index contributed by atoms with van der Waals surface area (Å²) >= 11 is 1.52. The van der Waals surface area contributed by atoms with Crippen LogP contribution in [0.3, 0.4) is 0 Å². The van der Waals surface area contributed by atoms with Gasteiger partial charge in [-0.05, 0) is 49.3 Å². The zero-order valence-electron chi connectivity index (χ0n) is 18.5. The molecule has 168 valence electrons. The molecule has 4 rings (SSSR count). The van der Waals surface area contributed by atoms with Crippen LogP contribution in [-0.2, 0) is 11.2 Å². The maximum absolute atomic E-state index is 11.7. The van der Waals surface area contributed by atoms with E-state index in [1.807, 2.05) is 50.2 Å². The number of aromatic amines is 1. The van der Waals surface area contributed by atoms with Crippen LogP contribution in [0.4, 0.5) is 17.5 Å². The second kappa shape index (κ2) is 10.6. The van der Waals surface area contributed by atoms with Crippen LogP contribution in [0.1, 0.15) is 31.0 Å². The van der Waals surface area contributed by atoms with E-state index in [1.165, 1.54) is 11.8 Å². The van der Waals surface area contributed by atoms with Crippen LogP contribution in [0.25, 0.3) is 0 Å². The summed E-state index contributed by atoms with van der Waals surface area (Å²) < 4.78 is 0. The van der Waals surface area contributed by atoms with Crippen molar-refractivity contribution in [3.63, 3.8) is 0 Å². The minimum atomic E-state index is 0.248. The summed E-state index contributed by atoms with van der Waals surface area (Å²) in [5.41, 5.74) is 2.01. The first-order valence-electron chi connectivity index (χ1n) is 11.0. The van der Waals surface area contributed by atoms with Gasteiger partial charge in [-0.2, -0.15) is 5.10 Å². The molecule has 1 aromatic carbocycles. The fourth-order valence-electron chi connectivity index (χ4n) is 3.51. The quantitative estimate of drug-likeness (QED) is 0.446. The van der Waals surface area contributed by atoms with Gasteiger partial charge in [-0.1, -0.05) is 19.1 Å². The molecule has 1 saturated heterocycles. The molecule has 8 nitrogen and oxygen atoms in total. The molecule has 0 amide bonds. The highest BCUT2D eigenvalue weighted by atomic mass is 32.2. The minimum Gasteiger partial charge on any atom is -0.355 e. The molecule has 0 aliphatic carbocycles. The van der Waals surface area contributed by atoms with E-state index in [1.54, 1.807) is 0 Å². The number of Topliss-reactive ketones (excluding diaryl/α,β-unsaturated/α-hetero) is 1. The van der Waals surface area contributed by atoms with Crippen molar-refractivity contribution in [2.75, 3.05) is 36.4 Å². The Bertz CT molecular complexity index is 1040. The number of rotatable bonds is 8. The molecule has 0 unspecified atom stereocenters. The molecule has 0 spiro atoms. The number of benzene rings is 1. The van der Waals surface area contributed by atoms with Crippen molar-refractivity contribution in [1.82, 2.24) is 25.5 Å². The smallest absolute Gasteiger partial charge is 0.196 e. The summed E-state index contributed by atoms with van der Waals surface area (Å²) in [4.78, 5) is 24.6. The Labute approximate surface area is 192 Å². The van der Waals surface area contributed by atoms with Crippen LogP contribution < -0.4 is 15.5 Å². The first-order chi connectivity index (χ1) is 15.6. The Hall–Kier alpha value is -2.91. The number of carbonyl (C=O) groups is 1. The van der Waals surface area contributed by atoms with Crippen molar-refractivity contribution in [1.29, 1.82) is 0 Å². The van der Waals surface area contributed by atoms with Crippen molar-refractivity contribution in [2.45, 2.75) is 43.2 Å². The Balaban J connectivity index is 1.57. The van der Waals surface area contributed by atoms with Crippen LogP contribution in [0, 0.1) is 6.92 Å². The van der Waals surface area contributed by atoms with Crippen LogP contribution in [0.15, 0.2) is 46.5 Å². The molecule has 2 aromatic heterocycles. The predicted octanol–water partition coefficient (Wildman–Crippen LogP) is 3.72. The predicted molar refractivity (Wildman–Crippen MR) is 128 cm³/mol. The summed E-state index contributed by atoms with van der Waals surface area (Å²) in [7, 11) is 0. The zero-order chi connectivity index (χ0) is 22.3. The second-order valence-electron chi connectivity index (χ2n) is 7.86. The van der Waals surface area contributed by atoms with Crippen molar-refractivity contribution in [2.24, 2.45) is 0 Å². The maximum atomic E-state index is 11.7. The molecule has 0 atom stereocenters. The van der Waals surface area contributed by atoms with Gasteiger partial charge in [0.1, 0.15) is 17.4 Å². The number of hydrogen-bond acceptors (Lipinski definition) is 8. The van der Waals surface area contributed by atoms with E-state index in [-0.39, 0.29) is 5.78 Å². The molecule has 32 heavy (non-hydrogen) atoms. The molecular formula is C23H29N7OS. The number of carbonyl (C=O) groups excluding carboxylic acids is 1. The number of hydrogen-bond donors (Lipinski definition) is 3. The van der Waals surface area contributed by atoms with Gasteiger partial charge in [0.2, 0.25) is 0 Å². The maximum Gasteiger partial charge on any atom is 0.196 e. The summed E-state index contributed by atoms with van der Waals surface area (Å²) in [6.07, 6.45) is 2.12. The molecule has 1 aliphatic heterocycles. The third-order valence-electron chi connectivity index (χ3n) is 5.25.